The summed E-state index contributed by atoms with van der Waals surface area (Å²) in [5, 5.41) is 8.79. The Bertz CT molecular complexity index is 393. The molecule has 0 fully saturated rings. The molecular weight excluding hydrogens is 247 g/mol. The Kier molecular flexibility index (Phi) is 5.40. The monoisotopic (exact) mass is 260 g/mol. The van der Waals surface area contributed by atoms with Gasteiger partial charge in [-0.25, -0.2) is 9.18 Å². The van der Waals surface area contributed by atoms with Crippen molar-refractivity contribution in [3.05, 3.63) is 29.6 Å². The summed E-state index contributed by atoms with van der Waals surface area (Å²) >= 11 is 1.15. The quantitative estimate of drug-likeness (QED) is 0.628. The molecule has 17 heavy (non-hydrogen) atoms. The summed E-state index contributed by atoms with van der Waals surface area (Å²) in [6, 6.07) is 3.66. The lowest BCUT2D eigenvalue weighted by atomic mass is 10.2. The van der Waals surface area contributed by atoms with Gasteiger partial charge in [0.25, 0.3) is 0 Å². The lowest BCUT2D eigenvalue weighted by Crippen LogP contribution is -2.15. The molecule has 94 valence electrons. The van der Waals surface area contributed by atoms with Crippen molar-refractivity contribution < 1.29 is 23.8 Å². The number of thioether (sulfide) groups is 1. The zero-order valence-electron chi connectivity index (χ0n) is 9.47. The maximum absolute atomic E-state index is 13.4. The summed E-state index contributed by atoms with van der Waals surface area (Å²) in [5.41, 5.74) is 0.0558. The molecule has 0 heterocycles. The van der Waals surface area contributed by atoms with Gasteiger partial charge in [-0.1, -0.05) is 0 Å². The fourth-order valence-corrected chi connectivity index (χ4v) is 2.14. The van der Waals surface area contributed by atoms with Crippen LogP contribution in [-0.4, -0.2) is 37.3 Å². The number of methoxy groups -OCH3 is 2. The molecule has 1 N–H and O–H groups in total. The van der Waals surface area contributed by atoms with Crippen LogP contribution in [0.25, 0.3) is 0 Å². The third-order valence-electron chi connectivity index (χ3n) is 2.08. The molecule has 0 aromatic heterocycles. The first kappa shape index (κ1) is 14.0. The van der Waals surface area contributed by atoms with Gasteiger partial charge in [0.1, 0.15) is 5.82 Å². The van der Waals surface area contributed by atoms with Crippen molar-refractivity contribution in [1.82, 2.24) is 0 Å². The van der Waals surface area contributed by atoms with Crippen LogP contribution in [0.4, 0.5) is 4.39 Å². The zero-order chi connectivity index (χ0) is 12.8. The molecule has 1 rings (SSSR count). The van der Waals surface area contributed by atoms with Crippen LogP contribution in [-0.2, 0) is 9.47 Å². The smallest absolute Gasteiger partial charge is 0.335 e. The van der Waals surface area contributed by atoms with Crippen molar-refractivity contribution in [2.75, 3.05) is 20.0 Å². The van der Waals surface area contributed by atoms with Gasteiger partial charge in [-0.2, -0.15) is 0 Å². The number of halogens is 1. The van der Waals surface area contributed by atoms with Crippen LogP contribution in [0, 0.1) is 5.82 Å². The van der Waals surface area contributed by atoms with Crippen LogP contribution >= 0.6 is 11.8 Å². The van der Waals surface area contributed by atoms with Gasteiger partial charge in [-0.15, -0.1) is 11.8 Å². The van der Waals surface area contributed by atoms with Crippen LogP contribution < -0.4 is 0 Å². The second-order valence-electron chi connectivity index (χ2n) is 3.16. The van der Waals surface area contributed by atoms with E-state index in [9.17, 15) is 9.18 Å². The molecule has 0 bridgehead atoms. The van der Waals surface area contributed by atoms with Crippen LogP contribution in [0.15, 0.2) is 23.1 Å². The molecule has 0 amide bonds. The number of hydrogen-bond acceptors (Lipinski definition) is 4. The number of carboxylic acid groups (broad SMARTS) is 1. The van der Waals surface area contributed by atoms with E-state index in [1.165, 1.54) is 26.4 Å². The van der Waals surface area contributed by atoms with Gasteiger partial charge < -0.3 is 14.6 Å². The van der Waals surface area contributed by atoms with Gasteiger partial charge in [0.15, 0.2) is 6.29 Å². The first-order valence-electron chi connectivity index (χ1n) is 4.79. The van der Waals surface area contributed by atoms with Gasteiger partial charge in [-0.05, 0) is 18.2 Å². The standard InChI is InChI=1S/C11H13FO4S/c1-15-10(16-2)6-17-9-5-7(11(13)14)3-4-8(9)12/h3-5,10H,6H2,1-2H3,(H,13,14). The minimum atomic E-state index is -1.08. The molecular formula is C11H13FO4S. The van der Waals surface area contributed by atoms with E-state index in [-0.39, 0.29) is 10.5 Å². The van der Waals surface area contributed by atoms with Crippen molar-refractivity contribution >= 4 is 17.7 Å². The number of rotatable bonds is 6. The maximum Gasteiger partial charge on any atom is 0.335 e. The number of hydrogen-bond donors (Lipinski definition) is 1. The predicted octanol–water partition coefficient (Wildman–Crippen LogP) is 2.23. The maximum atomic E-state index is 13.4. The molecule has 0 unspecified atom stereocenters. The highest BCUT2D eigenvalue weighted by Crippen LogP contribution is 2.24. The van der Waals surface area contributed by atoms with E-state index in [0.29, 0.717) is 5.75 Å². The predicted molar refractivity (Wildman–Crippen MR) is 61.9 cm³/mol. The topological polar surface area (TPSA) is 55.8 Å². The molecule has 0 aliphatic carbocycles. The Morgan fingerprint density at radius 3 is 2.65 bits per heavy atom. The molecule has 4 nitrogen and oxygen atoms in total. The van der Waals surface area contributed by atoms with Crippen molar-refractivity contribution in [2.45, 2.75) is 11.2 Å². The molecule has 0 aliphatic heterocycles. The second kappa shape index (κ2) is 6.58. The van der Waals surface area contributed by atoms with Gasteiger partial charge in [0, 0.05) is 24.9 Å². The van der Waals surface area contributed by atoms with E-state index < -0.39 is 18.1 Å². The lowest BCUT2D eigenvalue weighted by Gasteiger charge is -2.13. The Morgan fingerprint density at radius 1 is 1.47 bits per heavy atom. The van der Waals surface area contributed by atoms with Crippen molar-refractivity contribution in [1.29, 1.82) is 0 Å². The molecule has 0 saturated heterocycles. The summed E-state index contributed by atoms with van der Waals surface area (Å²) in [6.45, 7) is 0. The number of ether oxygens (including phenoxy) is 2. The third-order valence-corrected chi connectivity index (χ3v) is 3.14. The normalized spacial score (nSPS) is 10.8. The van der Waals surface area contributed by atoms with Crippen LogP contribution in [0.2, 0.25) is 0 Å². The molecule has 0 aliphatic rings. The van der Waals surface area contributed by atoms with E-state index in [0.717, 1.165) is 17.8 Å². The van der Waals surface area contributed by atoms with Crippen LogP contribution in [0.1, 0.15) is 10.4 Å². The van der Waals surface area contributed by atoms with E-state index in [4.69, 9.17) is 14.6 Å². The zero-order valence-corrected chi connectivity index (χ0v) is 10.3. The molecule has 0 atom stereocenters. The minimum Gasteiger partial charge on any atom is -0.478 e. The minimum absolute atomic E-state index is 0.0558. The molecule has 0 spiro atoms. The van der Waals surface area contributed by atoms with Gasteiger partial charge in [-0.3, -0.25) is 0 Å². The Labute approximate surface area is 103 Å². The van der Waals surface area contributed by atoms with E-state index in [1.807, 2.05) is 0 Å². The molecule has 0 saturated carbocycles. The molecule has 1 aromatic rings. The van der Waals surface area contributed by atoms with Crippen molar-refractivity contribution in [2.24, 2.45) is 0 Å². The average molecular weight is 260 g/mol. The van der Waals surface area contributed by atoms with Crippen molar-refractivity contribution in [3.63, 3.8) is 0 Å². The SMILES string of the molecule is COC(CSc1cc(C(=O)O)ccc1F)OC. The van der Waals surface area contributed by atoms with Gasteiger partial charge in [0.2, 0.25) is 0 Å². The van der Waals surface area contributed by atoms with Gasteiger partial charge in [0.05, 0.1) is 5.56 Å². The summed E-state index contributed by atoms with van der Waals surface area (Å²) in [5.74, 6) is -1.15. The molecule has 6 heteroatoms. The first-order chi connectivity index (χ1) is 8.08. The highest BCUT2D eigenvalue weighted by atomic mass is 32.2. The van der Waals surface area contributed by atoms with Gasteiger partial charge >= 0.3 is 5.97 Å². The number of benzene rings is 1. The third kappa shape index (κ3) is 3.99. The Hall–Kier alpha value is -1.11. The summed E-state index contributed by atoms with van der Waals surface area (Å²) in [6.07, 6.45) is -0.451. The Morgan fingerprint density at radius 2 is 2.12 bits per heavy atom. The fourth-order valence-electron chi connectivity index (χ4n) is 1.14. The summed E-state index contributed by atoms with van der Waals surface area (Å²) < 4.78 is 23.3. The van der Waals surface area contributed by atoms with Crippen molar-refractivity contribution in [3.8, 4) is 0 Å². The average Bonchev–Trinajstić information content (AvgIpc) is 2.32. The second-order valence-corrected chi connectivity index (χ2v) is 4.22. The van der Waals surface area contributed by atoms with E-state index >= 15 is 0 Å². The van der Waals surface area contributed by atoms with Crippen LogP contribution in [0.3, 0.4) is 0 Å². The lowest BCUT2D eigenvalue weighted by molar-refractivity contribution is -0.0842. The first-order valence-corrected chi connectivity index (χ1v) is 5.78. The number of carbonyl (C=O) groups is 1. The number of carboxylic acids is 1. The highest BCUT2D eigenvalue weighted by Gasteiger charge is 2.11. The van der Waals surface area contributed by atoms with E-state index in [2.05, 4.69) is 0 Å². The fraction of sp³-hybridized carbons (Fsp3) is 0.364. The van der Waals surface area contributed by atoms with Crippen LogP contribution in [0.5, 0.6) is 0 Å². The largest absolute Gasteiger partial charge is 0.478 e. The summed E-state index contributed by atoms with van der Waals surface area (Å²) in [7, 11) is 2.97. The highest BCUT2D eigenvalue weighted by molar-refractivity contribution is 7.99. The Balaban J connectivity index is 2.75. The molecule has 0 radical (unpaired) electrons. The van der Waals surface area contributed by atoms with E-state index in [1.54, 1.807) is 0 Å². The number of aromatic carboxylic acids is 1. The molecule has 1 aromatic carbocycles. The summed E-state index contributed by atoms with van der Waals surface area (Å²) in [4.78, 5) is 11.0.